The van der Waals surface area contributed by atoms with Crippen LogP contribution in [0.3, 0.4) is 0 Å². The normalized spacial score (nSPS) is 10.6. The highest BCUT2D eigenvalue weighted by atomic mass is 19.1. The minimum Gasteiger partial charge on any atom is -0.494 e. The number of rotatable bonds is 4. The summed E-state index contributed by atoms with van der Waals surface area (Å²) in [5.41, 5.74) is 7.01. The topological polar surface area (TPSA) is 86.0 Å². The van der Waals surface area contributed by atoms with Crippen LogP contribution in [0.25, 0.3) is 10.9 Å². The molecular formula is C15H14FN5O. The molecule has 3 aromatic rings. The van der Waals surface area contributed by atoms with Gasteiger partial charge in [0.2, 0.25) is 0 Å². The lowest BCUT2D eigenvalue weighted by molar-refractivity contribution is 0.387. The molecule has 0 bridgehead atoms. The Kier molecular flexibility index (Phi) is 3.69. The van der Waals surface area contributed by atoms with E-state index >= 15 is 0 Å². The maximum absolute atomic E-state index is 13.7. The molecule has 112 valence electrons. The van der Waals surface area contributed by atoms with E-state index in [1.807, 2.05) is 6.07 Å². The van der Waals surface area contributed by atoms with Crippen LogP contribution in [0, 0.1) is 5.82 Å². The van der Waals surface area contributed by atoms with Gasteiger partial charge < -0.3 is 15.8 Å². The number of pyridine rings is 1. The number of aromatic nitrogens is 3. The average molecular weight is 299 g/mol. The van der Waals surface area contributed by atoms with Gasteiger partial charge in [-0.2, -0.15) is 0 Å². The summed E-state index contributed by atoms with van der Waals surface area (Å²) in [5, 5.41) is 3.87. The number of nitrogens with two attached hydrogens (primary N) is 1. The molecule has 0 aliphatic heterocycles. The van der Waals surface area contributed by atoms with E-state index in [4.69, 9.17) is 10.5 Å². The molecule has 0 saturated heterocycles. The van der Waals surface area contributed by atoms with Crippen LogP contribution in [0.5, 0.6) is 5.75 Å². The van der Waals surface area contributed by atoms with E-state index in [1.54, 1.807) is 18.3 Å². The highest BCUT2D eigenvalue weighted by Crippen LogP contribution is 2.27. The van der Waals surface area contributed by atoms with E-state index < -0.39 is 5.82 Å². The monoisotopic (exact) mass is 299 g/mol. The summed E-state index contributed by atoms with van der Waals surface area (Å²) in [4.78, 5) is 12.3. The number of nitrogens with one attached hydrogen (secondary N) is 1. The molecule has 2 aromatic heterocycles. The highest BCUT2D eigenvalue weighted by Gasteiger charge is 2.10. The van der Waals surface area contributed by atoms with Crippen molar-refractivity contribution >= 4 is 22.5 Å². The first-order chi connectivity index (χ1) is 10.7. The van der Waals surface area contributed by atoms with Gasteiger partial charge in [0.15, 0.2) is 11.6 Å². The Bertz CT molecular complexity index is 807. The van der Waals surface area contributed by atoms with Gasteiger partial charge >= 0.3 is 0 Å². The number of nitrogens with zero attached hydrogens (tertiary/aromatic N) is 3. The maximum Gasteiger partial charge on any atom is 0.167 e. The molecule has 0 atom stereocenters. The molecule has 0 spiro atoms. The lowest BCUT2D eigenvalue weighted by atomic mass is 10.2. The van der Waals surface area contributed by atoms with Crippen LogP contribution < -0.4 is 15.8 Å². The molecule has 0 amide bonds. The van der Waals surface area contributed by atoms with Crippen molar-refractivity contribution in [2.75, 3.05) is 18.2 Å². The molecule has 3 rings (SSSR count). The van der Waals surface area contributed by atoms with Gasteiger partial charge in [0.05, 0.1) is 12.6 Å². The zero-order chi connectivity index (χ0) is 15.5. The van der Waals surface area contributed by atoms with Crippen molar-refractivity contribution in [3.8, 4) is 5.75 Å². The van der Waals surface area contributed by atoms with Gasteiger partial charge in [0.1, 0.15) is 18.0 Å². The Hall–Kier alpha value is -2.96. The highest BCUT2D eigenvalue weighted by molar-refractivity contribution is 5.90. The summed E-state index contributed by atoms with van der Waals surface area (Å²) < 4.78 is 18.7. The summed E-state index contributed by atoms with van der Waals surface area (Å²) in [7, 11) is 1.42. The third kappa shape index (κ3) is 2.73. The van der Waals surface area contributed by atoms with Crippen LogP contribution in [-0.4, -0.2) is 22.1 Å². The lowest BCUT2D eigenvalue weighted by Gasteiger charge is -2.10. The largest absolute Gasteiger partial charge is 0.494 e. The van der Waals surface area contributed by atoms with E-state index in [9.17, 15) is 4.39 Å². The Balaban J connectivity index is 1.91. The lowest BCUT2D eigenvalue weighted by Crippen LogP contribution is -2.04. The fourth-order valence-electron chi connectivity index (χ4n) is 2.08. The Morgan fingerprint density at radius 3 is 2.82 bits per heavy atom. The maximum atomic E-state index is 13.7. The second-order valence-electron chi connectivity index (χ2n) is 4.67. The summed E-state index contributed by atoms with van der Waals surface area (Å²) in [6, 6.07) is 6.51. The summed E-state index contributed by atoms with van der Waals surface area (Å²) >= 11 is 0. The van der Waals surface area contributed by atoms with Crippen LogP contribution in [0.2, 0.25) is 0 Å². The molecule has 0 saturated carbocycles. The van der Waals surface area contributed by atoms with Crippen LogP contribution in [0.1, 0.15) is 5.56 Å². The molecule has 22 heavy (non-hydrogen) atoms. The van der Waals surface area contributed by atoms with Crippen molar-refractivity contribution in [3.63, 3.8) is 0 Å². The zero-order valence-electron chi connectivity index (χ0n) is 11.9. The van der Waals surface area contributed by atoms with Crippen LogP contribution in [0.4, 0.5) is 16.0 Å². The van der Waals surface area contributed by atoms with Crippen LogP contribution in [0.15, 0.2) is 36.8 Å². The number of nitrogen functional groups attached to an aromatic ring is 1. The molecule has 3 N–H and O–H groups in total. The zero-order valence-corrected chi connectivity index (χ0v) is 11.9. The molecule has 6 nitrogen and oxygen atoms in total. The van der Waals surface area contributed by atoms with Crippen LogP contribution >= 0.6 is 0 Å². The predicted molar refractivity (Wildman–Crippen MR) is 82.0 cm³/mol. The standard InChI is InChI=1S/C15H14FN5O/c1-22-13-4-10-12(5-11(13)16)20-8-21-15(10)19-7-9-2-3-14(17)18-6-9/h2-6,8H,7H2,1H3,(H2,17,18)(H,19,20,21). The summed E-state index contributed by atoms with van der Waals surface area (Å²) in [5.74, 6) is 0.762. The molecule has 0 aliphatic carbocycles. The Morgan fingerprint density at radius 2 is 2.09 bits per heavy atom. The Morgan fingerprint density at radius 1 is 1.23 bits per heavy atom. The van der Waals surface area contributed by atoms with E-state index in [2.05, 4.69) is 20.3 Å². The van der Waals surface area contributed by atoms with Crippen molar-refractivity contribution in [2.24, 2.45) is 0 Å². The first-order valence-electron chi connectivity index (χ1n) is 6.60. The number of hydrogen-bond acceptors (Lipinski definition) is 6. The molecule has 7 heteroatoms. The minimum absolute atomic E-state index is 0.152. The van der Waals surface area contributed by atoms with E-state index in [0.29, 0.717) is 29.1 Å². The number of fused-ring (bicyclic) bond motifs is 1. The van der Waals surface area contributed by atoms with Crippen LogP contribution in [-0.2, 0) is 6.54 Å². The first kappa shape index (κ1) is 14.0. The predicted octanol–water partition coefficient (Wildman–Crippen LogP) is 2.37. The van der Waals surface area contributed by atoms with Gasteiger partial charge in [-0.3, -0.25) is 0 Å². The van der Waals surface area contributed by atoms with Crippen molar-refractivity contribution in [2.45, 2.75) is 6.54 Å². The number of halogens is 1. The summed E-state index contributed by atoms with van der Waals surface area (Å²) in [6.07, 6.45) is 3.07. The summed E-state index contributed by atoms with van der Waals surface area (Å²) in [6.45, 7) is 0.513. The SMILES string of the molecule is COc1cc2c(NCc3ccc(N)nc3)ncnc2cc1F. The molecular weight excluding hydrogens is 285 g/mol. The third-order valence-corrected chi connectivity index (χ3v) is 3.22. The number of ether oxygens (including phenoxy) is 1. The molecule has 2 heterocycles. The minimum atomic E-state index is -0.456. The molecule has 0 radical (unpaired) electrons. The van der Waals surface area contributed by atoms with E-state index in [0.717, 1.165) is 5.56 Å². The molecule has 0 aliphatic rings. The van der Waals surface area contributed by atoms with Crippen molar-refractivity contribution in [1.29, 1.82) is 0 Å². The van der Waals surface area contributed by atoms with Gasteiger partial charge in [-0.25, -0.2) is 19.3 Å². The van der Waals surface area contributed by atoms with Gasteiger partial charge in [0, 0.05) is 24.2 Å². The van der Waals surface area contributed by atoms with E-state index in [-0.39, 0.29) is 5.75 Å². The third-order valence-electron chi connectivity index (χ3n) is 3.22. The van der Waals surface area contributed by atoms with Gasteiger partial charge in [-0.05, 0) is 17.7 Å². The van der Waals surface area contributed by atoms with Crippen molar-refractivity contribution in [1.82, 2.24) is 15.0 Å². The molecule has 0 fully saturated rings. The van der Waals surface area contributed by atoms with Gasteiger partial charge in [-0.1, -0.05) is 6.07 Å². The second-order valence-corrected chi connectivity index (χ2v) is 4.67. The second kappa shape index (κ2) is 5.80. The Labute approximate surface area is 126 Å². The van der Waals surface area contributed by atoms with Gasteiger partial charge in [0.25, 0.3) is 0 Å². The molecule has 0 unspecified atom stereocenters. The smallest absolute Gasteiger partial charge is 0.167 e. The van der Waals surface area contributed by atoms with E-state index in [1.165, 1.54) is 19.5 Å². The first-order valence-corrected chi connectivity index (χ1v) is 6.60. The number of anilines is 2. The quantitative estimate of drug-likeness (QED) is 0.769. The van der Waals surface area contributed by atoms with Crippen molar-refractivity contribution in [3.05, 3.63) is 48.2 Å². The number of hydrogen-bond donors (Lipinski definition) is 2. The van der Waals surface area contributed by atoms with Gasteiger partial charge in [-0.15, -0.1) is 0 Å². The average Bonchev–Trinajstić information content (AvgIpc) is 2.53. The fourth-order valence-corrected chi connectivity index (χ4v) is 2.08. The number of benzene rings is 1. The number of methoxy groups -OCH3 is 1. The molecule has 1 aromatic carbocycles. The van der Waals surface area contributed by atoms with Crippen molar-refractivity contribution < 1.29 is 9.13 Å². The fraction of sp³-hybridized carbons (Fsp3) is 0.133.